The second-order valence-corrected chi connectivity index (χ2v) is 9.02. The third kappa shape index (κ3) is 2.93. The summed E-state index contributed by atoms with van der Waals surface area (Å²) in [6, 6.07) is -9.47. The minimum Gasteiger partial charge on any atom is -0.456 e. The van der Waals surface area contributed by atoms with Crippen molar-refractivity contribution < 1.29 is 32.2 Å². The van der Waals surface area contributed by atoms with Crippen LogP contribution in [-0.4, -0.2) is 4.57 Å². The molecule has 1 aromatic heterocycles. The van der Waals surface area contributed by atoms with E-state index in [0.717, 1.165) is 4.57 Å². The molecule has 8 aromatic rings. The third-order valence-corrected chi connectivity index (χ3v) is 6.95. The summed E-state index contributed by atoms with van der Waals surface area (Å²) in [6.07, 6.45) is 0. The van der Waals surface area contributed by atoms with Gasteiger partial charge in [-0.15, -0.1) is 0 Å². The molecule has 0 N–H and O–H groups in total. The van der Waals surface area contributed by atoms with Crippen LogP contribution in [0.25, 0.3) is 71.3 Å². The molecular weight excluding hydrogens is 486 g/mol. The van der Waals surface area contributed by atoms with Gasteiger partial charge in [-0.05, 0) is 63.8 Å². The van der Waals surface area contributed by atoms with E-state index in [-0.39, 0.29) is 60.8 Å². The van der Waals surface area contributed by atoms with Crippen molar-refractivity contribution in [1.29, 1.82) is 0 Å². The minimum absolute atomic E-state index is 0.00738. The minimum atomic E-state index is -0.811. The van der Waals surface area contributed by atoms with Crippen LogP contribution < -0.4 is 4.74 Å². The van der Waals surface area contributed by atoms with Crippen molar-refractivity contribution in [3.05, 3.63) is 139 Å². The molecule has 0 spiro atoms. The molecule has 0 amide bonds. The van der Waals surface area contributed by atoms with Crippen molar-refractivity contribution in [3.63, 3.8) is 0 Å². The van der Waals surface area contributed by atoms with Crippen LogP contribution in [0.5, 0.6) is 11.5 Å². The predicted octanol–water partition coefficient (Wildman–Crippen LogP) is 10.5. The number of hydrogen-bond donors (Lipinski definition) is 0. The van der Waals surface area contributed by atoms with Crippen LogP contribution in [0.3, 0.4) is 0 Å². The predicted molar refractivity (Wildman–Crippen MR) is 167 cm³/mol. The van der Waals surface area contributed by atoms with E-state index >= 15 is 0 Å². The highest BCUT2D eigenvalue weighted by Gasteiger charge is 2.22. The average molecular weight is 530 g/mol. The van der Waals surface area contributed by atoms with Crippen LogP contribution in [-0.2, 0) is 0 Å². The van der Waals surface area contributed by atoms with Crippen molar-refractivity contribution in [2.45, 2.75) is 0 Å². The van der Waals surface area contributed by atoms with Crippen molar-refractivity contribution in [2.75, 3.05) is 0 Å². The van der Waals surface area contributed by atoms with Gasteiger partial charge in [-0.2, -0.15) is 0 Å². The second-order valence-electron chi connectivity index (χ2n) is 9.02. The fourth-order valence-electron chi connectivity index (χ4n) is 5.31. The zero-order chi connectivity index (χ0) is 43.6. The maximum absolute atomic E-state index is 9.38. The van der Waals surface area contributed by atoms with E-state index in [1.165, 1.54) is 18.2 Å². The van der Waals surface area contributed by atoms with Crippen LogP contribution in [0, 0.1) is 0 Å². The Hall–Kier alpha value is -5.34. The van der Waals surface area contributed by atoms with Gasteiger partial charge in [-0.3, -0.25) is 0 Å². The van der Waals surface area contributed by atoms with Crippen molar-refractivity contribution in [1.82, 2.24) is 4.57 Å². The van der Waals surface area contributed by atoms with Gasteiger partial charge in [0.2, 0.25) is 0 Å². The monoisotopic (exact) mass is 529 g/mol. The molecule has 0 saturated heterocycles. The lowest BCUT2D eigenvalue weighted by Crippen LogP contribution is -1.97. The largest absolute Gasteiger partial charge is 0.456 e. The highest BCUT2D eigenvalue weighted by Crippen LogP contribution is 2.48. The summed E-state index contributed by atoms with van der Waals surface area (Å²) in [5, 5.41) is -1.65. The molecule has 0 fully saturated rings. The van der Waals surface area contributed by atoms with Crippen molar-refractivity contribution >= 4 is 43.4 Å². The first-order valence-electron chi connectivity index (χ1n) is 22.1. The molecule has 0 radical (unpaired) electrons. The van der Waals surface area contributed by atoms with Gasteiger partial charge in [0.05, 0.1) is 38.4 Å². The van der Waals surface area contributed by atoms with Crippen LogP contribution >= 0.6 is 0 Å². The molecule has 0 saturated carbocycles. The van der Waals surface area contributed by atoms with Gasteiger partial charge in [0.15, 0.2) is 0 Å². The van der Waals surface area contributed by atoms with E-state index in [9.17, 15) is 4.11 Å². The standard InChI is InChI=1S/C38H23NO/c1-2-12-27(13-3-1)39-33-17-8-15-28(37(33)31-21-19-24-9-4-5-14-29(24)38(31)39)26-20-22-34-32(23-26)30-16-6-10-25-11-7-18-35(40-34)36(25)30/h1-23H/i1D,2D,3D,4D,5D,6D,7D,8D,9D,10D,11D,12D,13D,14D,15D,16D,17D,18D,19D,21D. The molecule has 0 atom stereocenters. The van der Waals surface area contributed by atoms with E-state index in [0.29, 0.717) is 0 Å². The average Bonchev–Trinajstić information content (AvgIpc) is 3.56. The highest BCUT2D eigenvalue weighted by molar-refractivity contribution is 6.22. The van der Waals surface area contributed by atoms with Crippen LogP contribution in [0.4, 0.5) is 0 Å². The lowest BCUT2D eigenvalue weighted by molar-refractivity contribution is 0.487. The lowest BCUT2D eigenvalue weighted by Gasteiger charge is -2.22. The highest BCUT2D eigenvalue weighted by atomic mass is 16.5. The Kier molecular flexibility index (Phi) is 2.02. The Labute approximate surface area is 259 Å². The Morgan fingerprint density at radius 3 is 2.23 bits per heavy atom. The Morgan fingerprint density at radius 2 is 1.30 bits per heavy atom. The van der Waals surface area contributed by atoms with E-state index in [2.05, 4.69) is 0 Å². The molecule has 2 heterocycles. The number of para-hydroxylation sites is 1. The topological polar surface area (TPSA) is 14.2 Å². The summed E-state index contributed by atoms with van der Waals surface area (Å²) in [5.41, 5.74) is -1.52. The molecule has 2 nitrogen and oxygen atoms in total. The van der Waals surface area contributed by atoms with Gasteiger partial charge in [0.1, 0.15) is 11.5 Å². The zero-order valence-corrected chi connectivity index (χ0v) is 20.1. The van der Waals surface area contributed by atoms with E-state index < -0.39 is 143 Å². The molecule has 2 heteroatoms. The maximum atomic E-state index is 9.38. The van der Waals surface area contributed by atoms with Gasteiger partial charge >= 0.3 is 0 Å². The molecule has 7 aromatic carbocycles. The van der Waals surface area contributed by atoms with Crippen LogP contribution in [0.15, 0.2) is 139 Å². The van der Waals surface area contributed by atoms with Crippen LogP contribution in [0.1, 0.15) is 27.4 Å². The quantitative estimate of drug-likeness (QED) is 0.217. The number of ether oxygens (including phenoxy) is 1. The first-order valence-corrected chi connectivity index (χ1v) is 12.1. The smallest absolute Gasteiger partial charge is 0.135 e. The SMILES string of the molecule is [2H]c1c([2H])c([2H])c(-n2c3c([2H])c([2H])c([2H])c(-c4ccc5c(c4)-c4c([2H])c([2H])c([2H])c6c([2H])c([2H])c([2H])c(c46)O5)c3c3c([2H])c([2H])c4c([2H])c([2H])c([2H])c([2H])c4c32)c([2H])c1[2H]. The van der Waals surface area contributed by atoms with E-state index in [4.69, 9.17) is 28.0 Å². The molecular formula is C38H23NO. The molecule has 0 unspecified atom stereocenters. The fraction of sp³-hybridized carbons (Fsp3) is 0. The number of benzene rings is 7. The summed E-state index contributed by atoms with van der Waals surface area (Å²) in [5.74, 6) is -0.216. The van der Waals surface area contributed by atoms with Crippen molar-refractivity contribution in [3.8, 4) is 39.4 Å². The molecule has 1 aliphatic heterocycles. The van der Waals surface area contributed by atoms with Gasteiger partial charge in [0, 0.05) is 32.8 Å². The number of rotatable bonds is 2. The first-order chi connectivity index (χ1) is 28.2. The number of fused-ring (bicyclic) bond motifs is 7. The summed E-state index contributed by atoms with van der Waals surface area (Å²) >= 11 is 0. The Balaban J connectivity index is 1.55. The summed E-state index contributed by atoms with van der Waals surface area (Å²) in [4.78, 5) is 0. The Bertz CT molecular complexity index is 3370. The summed E-state index contributed by atoms with van der Waals surface area (Å²) < 4.78 is 183. The zero-order valence-electron chi connectivity index (χ0n) is 40.1. The molecule has 1 aliphatic rings. The molecule has 186 valence electrons. The lowest BCUT2D eigenvalue weighted by atomic mass is 9.91. The number of hydrogen-bond acceptors (Lipinski definition) is 1. The van der Waals surface area contributed by atoms with Crippen LogP contribution in [0.2, 0.25) is 0 Å². The Morgan fingerprint density at radius 1 is 0.525 bits per heavy atom. The molecule has 9 rings (SSSR count). The third-order valence-electron chi connectivity index (χ3n) is 6.95. The van der Waals surface area contributed by atoms with E-state index in [1.54, 1.807) is 0 Å². The molecule has 0 bridgehead atoms. The summed E-state index contributed by atoms with van der Waals surface area (Å²) in [7, 11) is 0. The van der Waals surface area contributed by atoms with Crippen molar-refractivity contribution in [2.24, 2.45) is 0 Å². The molecule has 0 aliphatic carbocycles. The van der Waals surface area contributed by atoms with Gasteiger partial charge in [-0.25, -0.2) is 0 Å². The number of nitrogens with zero attached hydrogens (tertiary/aromatic N) is 1. The van der Waals surface area contributed by atoms with Gasteiger partial charge in [0.25, 0.3) is 0 Å². The second kappa shape index (κ2) is 8.08. The fourth-order valence-corrected chi connectivity index (χ4v) is 5.31. The normalized spacial score (nSPS) is 19.2. The van der Waals surface area contributed by atoms with Gasteiger partial charge < -0.3 is 9.30 Å². The number of aromatic nitrogens is 1. The summed E-state index contributed by atoms with van der Waals surface area (Å²) in [6.45, 7) is 0. The van der Waals surface area contributed by atoms with E-state index in [1.807, 2.05) is 0 Å². The van der Waals surface area contributed by atoms with Gasteiger partial charge in [-0.1, -0.05) is 103 Å². The molecule has 40 heavy (non-hydrogen) atoms. The first kappa shape index (κ1) is 10.0. The maximum Gasteiger partial charge on any atom is 0.135 e.